The summed E-state index contributed by atoms with van der Waals surface area (Å²) < 4.78 is 0. The van der Waals surface area contributed by atoms with Gasteiger partial charge < -0.3 is 0 Å². The zero-order valence-electron chi connectivity index (χ0n) is 7.75. The molecule has 13 heavy (non-hydrogen) atoms. The van der Waals surface area contributed by atoms with Crippen molar-refractivity contribution in [2.75, 3.05) is 0 Å². The normalized spacial score (nSPS) is 19.3. The van der Waals surface area contributed by atoms with Crippen LogP contribution in [0.15, 0.2) is 36.4 Å². The second-order valence-corrected chi connectivity index (χ2v) is 3.40. The lowest BCUT2D eigenvalue weighted by molar-refractivity contribution is 0.876. The number of hydrogen-bond acceptors (Lipinski definition) is 0. The van der Waals surface area contributed by atoms with Gasteiger partial charge >= 0.3 is 0 Å². The Bertz CT molecular complexity index is 371. The Labute approximate surface area is 79.3 Å². The van der Waals surface area contributed by atoms with Gasteiger partial charge in [0.2, 0.25) is 0 Å². The van der Waals surface area contributed by atoms with E-state index in [1.165, 1.54) is 11.1 Å². The lowest BCUT2D eigenvalue weighted by Gasteiger charge is -2.11. The first-order valence-corrected chi connectivity index (χ1v) is 4.58. The lowest BCUT2D eigenvalue weighted by Crippen LogP contribution is -1.95. The SMILES string of the molecule is Cc1ccc(C2C=CC#CC2)cc1. The van der Waals surface area contributed by atoms with Gasteiger partial charge in [0.05, 0.1) is 0 Å². The zero-order chi connectivity index (χ0) is 9.10. The van der Waals surface area contributed by atoms with Gasteiger partial charge in [0.25, 0.3) is 0 Å². The van der Waals surface area contributed by atoms with Crippen LogP contribution in [0.4, 0.5) is 0 Å². The van der Waals surface area contributed by atoms with Crippen molar-refractivity contribution in [1.82, 2.24) is 0 Å². The molecule has 0 aromatic heterocycles. The van der Waals surface area contributed by atoms with Crippen molar-refractivity contribution in [3.63, 3.8) is 0 Å². The minimum absolute atomic E-state index is 0.502. The molecule has 1 atom stereocenters. The Morgan fingerprint density at radius 2 is 2.00 bits per heavy atom. The summed E-state index contributed by atoms with van der Waals surface area (Å²) in [5, 5.41) is 0. The predicted molar refractivity (Wildman–Crippen MR) is 55.5 cm³/mol. The van der Waals surface area contributed by atoms with Crippen molar-refractivity contribution >= 4 is 0 Å². The number of allylic oxidation sites excluding steroid dienone is 2. The monoisotopic (exact) mass is 168 g/mol. The van der Waals surface area contributed by atoms with Crippen molar-refractivity contribution in [3.05, 3.63) is 47.5 Å². The minimum Gasteiger partial charge on any atom is -0.0976 e. The number of aryl methyl sites for hydroxylation is 1. The highest BCUT2D eigenvalue weighted by molar-refractivity contribution is 5.33. The van der Waals surface area contributed by atoms with Gasteiger partial charge in [-0.1, -0.05) is 47.7 Å². The van der Waals surface area contributed by atoms with E-state index in [0.717, 1.165) is 6.42 Å². The Kier molecular flexibility index (Phi) is 2.19. The fourth-order valence-electron chi connectivity index (χ4n) is 1.50. The summed E-state index contributed by atoms with van der Waals surface area (Å²) in [4.78, 5) is 0. The van der Waals surface area contributed by atoms with Gasteiger partial charge in [0.15, 0.2) is 0 Å². The molecule has 0 fully saturated rings. The Morgan fingerprint density at radius 1 is 1.23 bits per heavy atom. The van der Waals surface area contributed by atoms with Crippen molar-refractivity contribution in [2.24, 2.45) is 0 Å². The molecule has 2 rings (SSSR count). The maximum absolute atomic E-state index is 3.11. The van der Waals surface area contributed by atoms with Crippen LogP contribution in [-0.4, -0.2) is 0 Å². The summed E-state index contributed by atoms with van der Waals surface area (Å²) in [6.07, 6.45) is 5.09. The van der Waals surface area contributed by atoms with E-state index in [-0.39, 0.29) is 0 Å². The maximum atomic E-state index is 3.11. The molecule has 0 aliphatic heterocycles. The van der Waals surface area contributed by atoms with Crippen LogP contribution in [0.25, 0.3) is 0 Å². The molecule has 1 aromatic rings. The van der Waals surface area contributed by atoms with Crippen LogP contribution in [0.2, 0.25) is 0 Å². The summed E-state index contributed by atoms with van der Waals surface area (Å²) >= 11 is 0. The van der Waals surface area contributed by atoms with Crippen LogP contribution in [0.3, 0.4) is 0 Å². The predicted octanol–water partition coefficient (Wildman–Crippen LogP) is 3.04. The molecule has 0 radical (unpaired) electrons. The summed E-state index contributed by atoms with van der Waals surface area (Å²) in [5.41, 5.74) is 2.69. The van der Waals surface area contributed by atoms with Gasteiger partial charge in [-0.05, 0) is 18.6 Å². The largest absolute Gasteiger partial charge is 0.0976 e. The third-order valence-corrected chi connectivity index (χ3v) is 2.34. The van der Waals surface area contributed by atoms with E-state index < -0.39 is 0 Å². The van der Waals surface area contributed by atoms with Crippen molar-refractivity contribution < 1.29 is 0 Å². The molecule has 0 saturated carbocycles. The fraction of sp³-hybridized carbons (Fsp3) is 0.231. The van der Waals surface area contributed by atoms with Gasteiger partial charge in [0, 0.05) is 12.3 Å². The molecule has 0 spiro atoms. The molecule has 64 valence electrons. The Morgan fingerprint density at radius 3 is 2.62 bits per heavy atom. The van der Waals surface area contributed by atoms with Gasteiger partial charge in [-0.25, -0.2) is 0 Å². The van der Waals surface area contributed by atoms with E-state index >= 15 is 0 Å². The molecule has 0 bridgehead atoms. The standard InChI is InChI=1S/C13H12/c1-11-7-9-13(10-8-11)12-5-3-2-4-6-12/h3,5,7-10,12H,6H2,1H3. The molecular weight excluding hydrogens is 156 g/mol. The average molecular weight is 168 g/mol. The Balaban J connectivity index is 2.23. The summed E-state index contributed by atoms with van der Waals surface area (Å²) in [5.74, 6) is 6.58. The smallest absolute Gasteiger partial charge is 0.0196 e. The van der Waals surface area contributed by atoms with Crippen LogP contribution in [0, 0.1) is 18.8 Å². The van der Waals surface area contributed by atoms with Crippen LogP contribution in [0.1, 0.15) is 23.5 Å². The summed E-state index contributed by atoms with van der Waals surface area (Å²) in [6, 6.07) is 8.70. The van der Waals surface area contributed by atoms with Crippen molar-refractivity contribution in [3.8, 4) is 11.8 Å². The van der Waals surface area contributed by atoms with Gasteiger partial charge in [-0.3, -0.25) is 0 Å². The Hall–Kier alpha value is -1.48. The van der Waals surface area contributed by atoms with Crippen LogP contribution in [-0.2, 0) is 0 Å². The van der Waals surface area contributed by atoms with Gasteiger partial charge in [-0.2, -0.15) is 0 Å². The van der Waals surface area contributed by atoms with Crippen LogP contribution in [0.5, 0.6) is 0 Å². The van der Waals surface area contributed by atoms with Gasteiger partial charge in [0.1, 0.15) is 0 Å². The molecule has 1 aliphatic carbocycles. The summed E-state index contributed by atoms with van der Waals surface area (Å²) in [6.45, 7) is 2.11. The number of hydrogen-bond donors (Lipinski definition) is 0. The maximum Gasteiger partial charge on any atom is 0.0196 e. The van der Waals surface area contributed by atoms with Crippen molar-refractivity contribution in [1.29, 1.82) is 0 Å². The van der Waals surface area contributed by atoms with E-state index in [1.807, 2.05) is 6.08 Å². The van der Waals surface area contributed by atoms with E-state index in [4.69, 9.17) is 0 Å². The number of benzene rings is 1. The molecule has 0 nitrogen and oxygen atoms in total. The first kappa shape index (κ1) is 8.13. The molecule has 1 aliphatic rings. The first-order valence-electron chi connectivity index (χ1n) is 4.58. The second kappa shape index (κ2) is 3.49. The van der Waals surface area contributed by atoms with E-state index in [0.29, 0.717) is 5.92 Å². The van der Waals surface area contributed by atoms with Gasteiger partial charge in [-0.15, -0.1) is 0 Å². The molecule has 0 amide bonds. The minimum atomic E-state index is 0.502. The molecular formula is C13H12. The molecule has 0 heteroatoms. The number of rotatable bonds is 1. The average Bonchev–Trinajstić information content (AvgIpc) is 2.20. The second-order valence-electron chi connectivity index (χ2n) is 3.40. The van der Waals surface area contributed by atoms with E-state index in [9.17, 15) is 0 Å². The topological polar surface area (TPSA) is 0 Å². The zero-order valence-corrected chi connectivity index (χ0v) is 7.75. The molecule has 0 saturated heterocycles. The third kappa shape index (κ3) is 1.81. The van der Waals surface area contributed by atoms with E-state index in [2.05, 4.69) is 49.1 Å². The molecule has 0 N–H and O–H groups in total. The van der Waals surface area contributed by atoms with Crippen molar-refractivity contribution in [2.45, 2.75) is 19.3 Å². The highest BCUT2D eigenvalue weighted by atomic mass is 14.1. The van der Waals surface area contributed by atoms with E-state index in [1.54, 1.807) is 0 Å². The lowest BCUT2D eigenvalue weighted by atomic mass is 9.93. The molecule has 0 heterocycles. The van der Waals surface area contributed by atoms with Crippen LogP contribution >= 0.6 is 0 Å². The molecule has 1 aromatic carbocycles. The van der Waals surface area contributed by atoms with Crippen LogP contribution < -0.4 is 0 Å². The summed E-state index contributed by atoms with van der Waals surface area (Å²) in [7, 11) is 0. The first-order chi connectivity index (χ1) is 6.36. The third-order valence-electron chi connectivity index (χ3n) is 2.34. The fourth-order valence-corrected chi connectivity index (χ4v) is 1.50. The highest BCUT2D eigenvalue weighted by Crippen LogP contribution is 2.22. The highest BCUT2D eigenvalue weighted by Gasteiger charge is 2.06. The quantitative estimate of drug-likeness (QED) is 0.565. The molecule has 1 unspecified atom stereocenters.